The van der Waals surface area contributed by atoms with Crippen LogP contribution in [0.2, 0.25) is 0 Å². The van der Waals surface area contributed by atoms with E-state index >= 15 is 0 Å². The highest BCUT2D eigenvalue weighted by Crippen LogP contribution is 2.31. The summed E-state index contributed by atoms with van der Waals surface area (Å²) in [5.41, 5.74) is 0.664. The van der Waals surface area contributed by atoms with Gasteiger partial charge in [0.15, 0.2) is 21.6 Å². The second kappa shape index (κ2) is 11.6. The molecule has 0 N–H and O–H groups in total. The van der Waals surface area contributed by atoms with Crippen molar-refractivity contribution in [1.82, 2.24) is 9.88 Å². The molecular formula is C22H28ClN3O4S2. The van der Waals surface area contributed by atoms with E-state index in [0.717, 1.165) is 17.8 Å². The first kappa shape index (κ1) is 26.1. The Morgan fingerprint density at radius 3 is 2.38 bits per heavy atom. The minimum Gasteiger partial charge on any atom is -0.484 e. The lowest BCUT2D eigenvalue weighted by molar-refractivity contribution is -0.120. The maximum atomic E-state index is 13.1. The van der Waals surface area contributed by atoms with Crippen molar-refractivity contribution in [2.45, 2.75) is 18.7 Å². The Morgan fingerprint density at radius 1 is 1.06 bits per heavy atom. The number of hydrogen-bond acceptors (Lipinski definition) is 7. The Morgan fingerprint density at radius 2 is 1.75 bits per heavy atom. The highest BCUT2D eigenvalue weighted by molar-refractivity contribution is 7.90. The van der Waals surface area contributed by atoms with Crippen molar-refractivity contribution in [2.75, 3.05) is 43.9 Å². The monoisotopic (exact) mass is 497 g/mol. The lowest BCUT2D eigenvalue weighted by Gasteiger charge is -2.24. The Bertz CT molecular complexity index is 1130. The van der Waals surface area contributed by atoms with Crippen molar-refractivity contribution < 1.29 is 17.9 Å². The van der Waals surface area contributed by atoms with Gasteiger partial charge in [-0.05, 0) is 43.4 Å². The number of likely N-dealkylation sites (N-methyl/N-ethyl adjacent to an activating group) is 1. The number of halogens is 1. The normalized spacial score (nSPS) is 11.4. The zero-order valence-corrected chi connectivity index (χ0v) is 20.8. The molecule has 0 unspecified atom stereocenters. The maximum Gasteiger partial charge on any atom is 0.266 e. The number of aromatic nitrogens is 1. The standard InChI is InChI=1S/C22H27N3O4S2.ClH/c1-4-24(5-2)13-14-25(21(26)16-29-17-9-7-6-8-10-17)22-23-19-12-11-18(31(3,27)28)15-20(19)30-22;/h6-12,15H,4-5,13-14,16H2,1-3H3;1H. The van der Waals surface area contributed by atoms with Crippen LogP contribution in [0.1, 0.15) is 13.8 Å². The summed E-state index contributed by atoms with van der Waals surface area (Å²) in [6, 6.07) is 14.0. The molecule has 0 fully saturated rings. The smallest absolute Gasteiger partial charge is 0.266 e. The van der Waals surface area contributed by atoms with Crippen molar-refractivity contribution >= 4 is 54.8 Å². The molecule has 0 atom stereocenters. The van der Waals surface area contributed by atoms with Crippen LogP contribution >= 0.6 is 23.7 Å². The summed E-state index contributed by atoms with van der Waals surface area (Å²) in [5, 5.41) is 0.537. The third kappa shape index (κ3) is 6.65. The molecule has 2 aromatic carbocycles. The van der Waals surface area contributed by atoms with Gasteiger partial charge >= 0.3 is 0 Å². The van der Waals surface area contributed by atoms with E-state index in [4.69, 9.17) is 4.74 Å². The molecule has 0 spiro atoms. The lowest BCUT2D eigenvalue weighted by Crippen LogP contribution is -2.41. The van der Waals surface area contributed by atoms with Crippen LogP contribution in [0.15, 0.2) is 53.4 Å². The van der Waals surface area contributed by atoms with Gasteiger partial charge in [-0.2, -0.15) is 0 Å². The molecule has 32 heavy (non-hydrogen) atoms. The van der Waals surface area contributed by atoms with Crippen LogP contribution in [0.5, 0.6) is 5.75 Å². The molecule has 3 rings (SSSR count). The van der Waals surface area contributed by atoms with Gasteiger partial charge in [-0.1, -0.05) is 43.4 Å². The molecule has 1 amide bonds. The van der Waals surface area contributed by atoms with Gasteiger partial charge < -0.3 is 9.64 Å². The molecule has 0 bridgehead atoms. The predicted molar refractivity (Wildman–Crippen MR) is 132 cm³/mol. The average Bonchev–Trinajstić information content (AvgIpc) is 3.18. The number of amides is 1. The van der Waals surface area contributed by atoms with Crippen LogP contribution in [0.3, 0.4) is 0 Å². The molecular weight excluding hydrogens is 470 g/mol. The number of carbonyl (C=O) groups excluding carboxylic acids is 1. The highest BCUT2D eigenvalue weighted by atomic mass is 35.5. The van der Waals surface area contributed by atoms with Gasteiger partial charge in [-0.25, -0.2) is 13.4 Å². The van der Waals surface area contributed by atoms with E-state index in [-0.39, 0.29) is 29.8 Å². The largest absolute Gasteiger partial charge is 0.484 e. The van der Waals surface area contributed by atoms with Gasteiger partial charge in [0.1, 0.15) is 5.75 Å². The summed E-state index contributed by atoms with van der Waals surface area (Å²) < 4.78 is 30.2. The van der Waals surface area contributed by atoms with E-state index in [9.17, 15) is 13.2 Å². The van der Waals surface area contributed by atoms with Gasteiger partial charge in [-0.15, -0.1) is 12.4 Å². The zero-order valence-electron chi connectivity index (χ0n) is 18.4. The minimum atomic E-state index is -3.32. The van der Waals surface area contributed by atoms with Crippen molar-refractivity contribution in [3.63, 3.8) is 0 Å². The van der Waals surface area contributed by atoms with E-state index in [1.165, 1.54) is 17.6 Å². The van der Waals surface area contributed by atoms with Gasteiger partial charge in [0.05, 0.1) is 15.1 Å². The third-order valence-electron chi connectivity index (χ3n) is 4.95. The van der Waals surface area contributed by atoms with Crippen molar-refractivity contribution in [3.8, 4) is 5.75 Å². The van der Waals surface area contributed by atoms with Crippen LogP contribution in [-0.4, -0.2) is 63.3 Å². The number of anilines is 1. The number of ether oxygens (including phenoxy) is 1. The van der Waals surface area contributed by atoms with E-state index < -0.39 is 9.84 Å². The SMILES string of the molecule is CCN(CC)CCN(C(=O)COc1ccccc1)c1nc2ccc(S(C)(=O)=O)cc2s1.Cl. The quantitative estimate of drug-likeness (QED) is 0.423. The van der Waals surface area contributed by atoms with Gasteiger partial charge in [0.2, 0.25) is 0 Å². The molecule has 0 aliphatic carbocycles. The fraction of sp³-hybridized carbons (Fsp3) is 0.364. The molecule has 0 aliphatic heterocycles. The number of rotatable bonds is 10. The molecule has 3 aromatic rings. The predicted octanol–water partition coefficient (Wildman–Crippen LogP) is 3.88. The molecule has 7 nitrogen and oxygen atoms in total. The number of fused-ring (bicyclic) bond motifs is 1. The molecule has 0 saturated carbocycles. The number of sulfone groups is 1. The second-order valence-electron chi connectivity index (χ2n) is 7.07. The van der Waals surface area contributed by atoms with E-state index in [0.29, 0.717) is 29.5 Å². The van der Waals surface area contributed by atoms with E-state index in [2.05, 4.69) is 23.7 Å². The Hall–Kier alpha value is -2.20. The van der Waals surface area contributed by atoms with Crippen molar-refractivity contribution in [2.24, 2.45) is 0 Å². The molecule has 0 aliphatic rings. The first-order valence-electron chi connectivity index (χ1n) is 10.1. The van der Waals surface area contributed by atoms with Crippen LogP contribution in [0.25, 0.3) is 10.2 Å². The summed E-state index contributed by atoms with van der Waals surface area (Å²) in [7, 11) is -3.32. The number of hydrogen-bond donors (Lipinski definition) is 0. The molecule has 10 heteroatoms. The number of benzene rings is 2. The summed E-state index contributed by atoms with van der Waals surface area (Å²) in [6.45, 7) is 7.00. The van der Waals surface area contributed by atoms with Crippen molar-refractivity contribution in [1.29, 1.82) is 0 Å². The lowest BCUT2D eigenvalue weighted by atomic mass is 10.3. The average molecular weight is 498 g/mol. The Balaban J connectivity index is 0.00000363. The van der Waals surface area contributed by atoms with E-state index in [1.807, 2.05) is 18.2 Å². The third-order valence-corrected chi connectivity index (χ3v) is 7.10. The highest BCUT2D eigenvalue weighted by Gasteiger charge is 2.21. The maximum absolute atomic E-state index is 13.1. The molecule has 0 saturated heterocycles. The Kier molecular flexibility index (Phi) is 9.45. The zero-order chi connectivity index (χ0) is 22.4. The molecule has 174 valence electrons. The van der Waals surface area contributed by atoms with Crippen LogP contribution in [-0.2, 0) is 14.6 Å². The number of para-hydroxylation sites is 1. The van der Waals surface area contributed by atoms with E-state index in [1.54, 1.807) is 35.2 Å². The van der Waals surface area contributed by atoms with Crippen LogP contribution < -0.4 is 9.64 Å². The van der Waals surface area contributed by atoms with Gasteiger partial charge in [-0.3, -0.25) is 9.69 Å². The fourth-order valence-electron chi connectivity index (χ4n) is 3.09. The molecule has 0 radical (unpaired) electrons. The van der Waals surface area contributed by atoms with Crippen LogP contribution in [0, 0.1) is 0 Å². The summed E-state index contributed by atoms with van der Waals surface area (Å²) >= 11 is 1.31. The minimum absolute atomic E-state index is 0. The molecule has 1 aromatic heterocycles. The number of thiazole rings is 1. The first-order chi connectivity index (χ1) is 14.8. The van der Waals surface area contributed by atoms with Crippen molar-refractivity contribution in [3.05, 3.63) is 48.5 Å². The second-order valence-corrected chi connectivity index (χ2v) is 10.1. The van der Waals surface area contributed by atoms with Gasteiger partial charge in [0.25, 0.3) is 5.91 Å². The fourth-order valence-corrected chi connectivity index (χ4v) is 4.86. The number of nitrogens with zero attached hydrogens (tertiary/aromatic N) is 3. The summed E-state index contributed by atoms with van der Waals surface area (Å²) in [5.74, 6) is 0.431. The summed E-state index contributed by atoms with van der Waals surface area (Å²) in [4.78, 5) is 21.8. The topological polar surface area (TPSA) is 79.8 Å². The Labute approximate surface area is 199 Å². The number of carbonyl (C=O) groups is 1. The molecule has 1 heterocycles. The first-order valence-corrected chi connectivity index (χ1v) is 12.8. The van der Waals surface area contributed by atoms with Crippen LogP contribution in [0.4, 0.5) is 5.13 Å². The summed E-state index contributed by atoms with van der Waals surface area (Å²) in [6.07, 6.45) is 1.18. The van der Waals surface area contributed by atoms with Gasteiger partial charge in [0, 0.05) is 19.3 Å².